The lowest BCUT2D eigenvalue weighted by Crippen LogP contribution is -2.36. The van der Waals surface area contributed by atoms with Crippen molar-refractivity contribution < 1.29 is 4.79 Å². The summed E-state index contributed by atoms with van der Waals surface area (Å²) in [5.74, 6) is -0.168. The first kappa shape index (κ1) is 19.4. The molecule has 1 aromatic carbocycles. The molecule has 0 fully saturated rings. The van der Waals surface area contributed by atoms with E-state index in [9.17, 15) is 4.79 Å². The molecular weight excluding hydrogens is 406 g/mol. The number of carbonyl (C=O) groups is 1. The van der Waals surface area contributed by atoms with E-state index in [1.807, 2.05) is 37.7 Å². The molecule has 0 spiro atoms. The van der Waals surface area contributed by atoms with E-state index in [-0.39, 0.29) is 11.3 Å². The van der Waals surface area contributed by atoms with Crippen molar-refractivity contribution in [3.05, 3.63) is 57.4 Å². The second-order valence-electron chi connectivity index (χ2n) is 7.41. The zero-order valence-electron chi connectivity index (χ0n) is 16.2. The summed E-state index contributed by atoms with van der Waals surface area (Å²) in [6, 6.07) is 9.94. The second-order valence-corrected chi connectivity index (χ2v) is 8.33. The van der Waals surface area contributed by atoms with E-state index in [0.29, 0.717) is 12.2 Å². The molecule has 0 saturated carbocycles. The summed E-state index contributed by atoms with van der Waals surface area (Å²) in [5, 5.41) is 14.6. The van der Waals surface area contributed by atoms with Gasteiger partial charge in [-0.1, -0.05) is 41.9 Å². The Morgan fingerprint density at radius 3 is 2.52 bits per heavy atom. The number of rotatable bonds is 5. The quantitative estimate of drug-likeness (QED) is 0.645. The van der Waals surface area contributed by atoms with Crippen molar-refractivity contribution >= 4 is 21.8 Å². The van der Waals surface area contributed by atoms with Crippen LogP contribution in [0.25, 0.3) is 11.3 Å². The maximum Gasteiger partial charge on any atom is 0.269 e. The smallest absolute Gasteiger partial charge is 0.269 e. The Bertz CT molecular complexity index is 969. The summed E-state index contributed by atoms with van der Waals surface area (Å²) >= 11 is 3.45. The van der Waals surface area contributed by atoms with Crippen LogP contribution in [0.1, 0.15) is 41.3 Å². The number of aryl methyl sites for hydroxylation is 2. The van der Waals surface area contributed by atoms with E-state index in [1.165, 1.54) is 0 Å². The standard InChI is InChI=1S/C20H24BrN5O/c1-12-18(13(2)26(5)25-12)16-10-17(24-23-16)19(27)22-11-20(3,4)14-6-8-15(21)9-7-14/h6-10H,11H2,1-5H3,(H,22,27)(H,23,24). The summed E-state index contributed by atoms with van der Waals surface area (Å²) < 4.78 is 2.86. The van der Waals surface area contributed by atoms with Crippen molar-refractivity contribution in [2.45, 2.75) is 33.1 Å². The van der Waals surface area contributed by atoms with Gasteiger partial charge in [-0.2, -0.15) is 10.2 Å². The molecule has 7 heteroatoms. The van der Waals surface area contributed by atoms with Crippen LogP contribution >= 0.6 is 15.9 Å². The third-order valence-electron chi connectivity index (χ3n) is 4.90. The second kappa shape index (κ2) is 7.31. The SMILES string of the molecule is Cc1nn(C)c(C)c1-c1cc(C(=O)NCC(C)(C)c2ccc(Br)cc2)[nH]n1. The van der Waals surface area contributed by atoms with Crippen LogP contribution in [0.5, 0.6) is 0 Å². The highest BCUT2D eigenvalue weighted by molar-refractivity contribution is 9.10. The van der Waals surface area contributed by atoms with Gasteiger partial charge in [-0.05, 0) is 37.6 Å². The van der Waals surface area contributed by atoms with Crippen LogP contribution < -0.4 is 5.32 Å². The monoisotopic (exact) mass is 429 g/mol. The first-order valence-electron chi connectivity index (χ1n) is 8.79. The highest BCUT2D eigenvalue weighted by Gasteiger charge is 2.23. The lowest BCUT2D eigenvalue weighted by molar-refractivity contribution is 0.0940. The van der Waals surface area contributed by atoms with Gasteiger partial charge in [-0.25, -0.2) is 0 Å². The molecular formula is C20H24BrN5O. The third kappa shape index (κ3) is 3.98. The lowest BCUT2D eigenvalue weighted by Gasteiger charge is -2.25. The molecule has 0 aliphatic rings. The summed E-state index contributed by atoms with van der Waals surface area (Å²) in [7, 11) is 1.90. The van der Waals surface area contributed by atoms with Gasteiger partial charge in [0.25, 0.3) is 5.91 Å². The van der Waals surface area contributed by atoms with Gasteiger partial charge in [0.2, 0.25) is 0 Å². The fourth-order valence-electron chi connectivity index (χ4n) is 3.11. The Kier molecular flexibility index (Phi) is 5.24. The van der Waals surface area contributed by atoms with Crippen molar-refractivity contribution in [2.24, 2.45) is 7.05 Å². The highest BCUT2D eigenvalue weighted by atomic mass is 79.9. The van der Waals surface area contributed by atoms with Crippen LogP contribution in [-0.2, 0) is 12.5 Å². The van der Waals surface area contributed by atoms with Gasteiger partial charge in [0.1, 0.15) is 5.69 Å². The lowest BCUT2D eigenvalue weighted by atomic mass is 9.84. The fourth-order valence-corrected chi connectivity index (χ4v) is 3.37. The molecule has 0 radical (unpaired) electrons. The van der Waals surface area contributed by atoms with Gasteiger partial charge >= 0.3 is 0 Å². The average Bonchev–Trinajstić information content (AvgIpc) is 3.18. The summed E-state index contributed by atoms with van der Waals surface area (Å²) in [5.41, 5.74) is 5.03. The van der Waals surface area contributed by atoms with Crippen molar-refractivity contribution in [1.82, 2.24) is 25.3 Å². The average molecular weight is 430 g/mol. The first-order valence-corrected chi connectivity index (χ1v) is 9.58. The molecule has 6 nitrogen and oxygen atoms in total. The molecule has 2 aromatic heterocycles. The number of hydrogen-bond donors (Lipinski definition) is 2. The van der Waals surface area contributed by atoms with Gasteiger partial charge in [-0.3, -0.25) is 14.6 Å². The predicted molar refractivity (Wildman–Crippen MR) is 110 cm³/mol. The van der Waals surface area contributed by atoms with E-state index in [2.05, 4.69) is 62.5 Å². The van der Waals surface area contributed by atoms with Crippen molar-refractivity contribution in [3.8, 4) is 11.3 Å². The molecule has 2 heterocycles. The first-order chi connectivity index (χ1) is 12.7. The molecule has 3 rings (SSSR count). The molecule has 27 heavy (non-hydrogen) atoms. The van der Waals surface area contributed by atoms with E-state index in [4.69, 9.17) is 0 Å². The Morgan fingerprint density at radius 2 is 1.93 bits per heavy atom. The molecule has 2 N–H and O–H groups in total. The predicted octanol–water partition coefficient (Wildman–Crippen LogP) is 3.90. The highest BCUT2D eigenvalue weighted by Crippen LogP contribution is 2.26. The van der Waals surface area contributed by atoms with E-state index >= 15 is 0 Å². The molecule has 0 saturated heterocycles. The molecule has 1 amide bonds. The Morgan fingerprint density at radius 1 is 1.26 bits per heavy atom. The zero-order valence-corrected chi connectivity index (χ0v) is 17.8. The van der Waals surface area contributed by atoms with Crippen LogP contribution in [0.3, 0.4) is 0 Å². The van der Waals surface area contributed by atoms with Gasteiger partial charge in [0.05, 0.1) is 11.4 Å². The van der Waals surface area contributed by atoms with Crippen LogP contribution in [0.4, 0.5) is 0 Å². The van der Waals surface area contributed by atoms with Crippen molar-refractivity contribution in [1.29, 1.82) is 0 Å². The topological polar surface area (TPSA) is 75.6 Å². The maximum atomic E-state index is 12.6. The minimum absolute atomic E-state index is 0.168. The van der Waals surface area contributed by atoms with Crippen molar-refractivity contribution in [3.63, 3.8) is 0 Å². The number of H-pyrrole nitrogens is 1. The number of benzene rings is 1. The zero-order chi connectivity index (χ0) is 19.8. The van der Waals surface area contributed by atoms with Crippen LogP contribution in [-0.4, -0.2) is 32.4 Å². The summed E-state index contributed by atoms with van der Waals surface area (Å²) in [6.07, 6.45) is 0. The number of hydrogen-bond acceptors (Lipinski definition) is 3. The van der Waals surface area contributed by atoms with E-state index in [0.717, 1.165) is 32.7 Å². The van der Waals surface area contributed by atoms with Gasteiger partial charge in [-0.15, -0.1) is 0 Å². The number of amides is 1. The maximum absolute atomic E-state index is 12.6. The largest absolute Gasteiger partial charge is 0.350 e. The minimum atomic E-state index is -0.185. The Balaban J connectivity index is 1.72. The summed E-state index contributed by atoms with van der Waals surface area (Å²) in [6.45, 7) is 8.67. The molecule has 0 unspecified atom stereocenters. The van der Waals surface area contributed by atoms with Gasteiger partial charge in [0, 0.05) is 34.7 Å². The Hall–Kier alpha value is -2.41. The van der Waals surface area contributed by atoms with E-state index in [1.54, 1.807) is 6.07 Å². The van der Waals surface area contributed by atoms with Crippen LogP contribution in [0.15, 0.2) is 34.8 Å². The van der Waals surface area contributed by atoms with Gasteiger partial charge in [0.15, 0.2) is 0 Å². The molecule has 0 bridgehead atoms. The summed E-state index contributed by atoms with van der Waals surface area (Å²) in [4.78, 5) is 12.6. The van der Waals surface area contributed by atoms with Crippen LogP contribution in [0.2, 0.25) is 0 Å². The fraction of sp³-hybridized carbons (Fsp3) is 0.350. The van der Waals surface area contributed by atoms with E-state index < -0.39 is 0 Å². The number of nitrogens with one attached hydrogen (secondary N) is 2. The number of carbonyl (C=O) groups excluding carboxylic acids is 1. The van der Waals surface area contributed by atoms with Gasteiger partial charge < -0.3 is 5.32 Å². The molecule has 3 aromatic rings. The van der Waals surface area contributed by atoms with Crippen LogP contribution in [0, 0.1) is 13.8 Å². The minimum Gasteiger partial charge on any atom is -0.350 e. The number of aromatic nitrogens is 4. The number of halogens is 1. The molecule has 0 aliphatic carbocycles. The molecule has 142 valence electrons. The number of nitrogens with zero attached hydrogens (tertiary/aromatic N) is 3. The third-order valence-corrected chi connectivity index (χ3v) is 5.43. The number of aromatic amines is 1. The molecule has 0 atom stereocenters. The van der Waals surface area contributed by atoms with Crippen molar-refractivity contribution in [2.75, 3.05) is 6.54 Å². The molecule has 0 aliphatic heterocycles. The normalized spacial score (nSPS) is 11.6. The Labute approximate surface area is 167 Å².